The van der Waals surface area contributed by atoms with E-state index in [1.165, 1.54) is 23.8 Å². The zero-order valence-electron chi connectivity index (χ0n) is 12.6. The summed E-state index contributed by atoms with van der Waals surface area (Å²) in [5.74, 6) is -0.275. The normalized spacial score (nSPS) is 10.8. The first-order valence-corrected chi connectivity index (χ1v) is 7.93. The first-order valence-electron chi connectivity index (χ1n) is 7.01. The molecule has 0 bridgehead atoms. The molecule has 0 atom stereocenters. The molecular formula is C17H12Cl2N2O3. The molecule has 2 aromatic carbocycles. The van der Waals surface area contributed by atoms with Gasteiger partial charge in [-0.25, -0.2) is 9.78 Å². The van der Waals surface area contributed by atoms with Crippen molar-refractivity contribution >= 4 is 40.1 Å². The number of carbonyl (C=O) groups excluding carboxylic acids is 1. The van der Waals surface area contributed by atoms with Crippen molar-refractivity contribution in [3.63, 3.8) is 0 Å². The number of esters is 1. The average molecular weight is 363 g/mol. The van der Waals surface area contributed by atoms with Crippen molar-refractivity contribution in [2.75, 3.05) is 7.11 Å². The third-order valence-electron chi connectivity index (χ3n) is 3.57. The van der Waals surface area contributed by atoms with Crippen LogP contribution in [-0.4, -0.2) is 22.6 Å². The Morgan fingerprint density at radius 2 is 2.00 bits per heavy atom. The monoisotopic (exact) mass is 362 g/mol. The quantitative estimate of drug-likeness (QED) is 0.527. The zero-order valence-corrected chi connectivity index (χ0v) is 14.1. The Bertz CT molecular complexity index is 999. The van der Waals surface area contributed by atoms with Gasteiger partial charge in [0.05, 0.1) is 35.1 Å². The van der Waals surface area contributed by atoms with Crippen molar-refractivity contribution in [1.29, 1.82) is 0 Å². The number of rotatable bonds is 3. The van der Waals surface area contributed by atoms with Crippen molar-refractivity contribution in [1.82, 2.24) is 9.55 Å². The van der Waals surface area contributed by atoms with Gasteiger partial charge in [0.25, 0.3) is 5.56 Å². The summed E-state index contributed by atoms with van der Waals surface area (Å²) in [5.41, 5.74) is 0.695. The first-order chi connectivity index (χ1) is 11.6. The minimum atomic E-state index is -0.581. The standard InChI is InChI=1S/C17H12Cl2N2O3/c1-24-17(23)12-7-6-10(19)8-14(12)21-15(9-18)20-13-5-3-2-4-11(13)16(21)22/h2-8H,9H2,1H3. The van der Waals surface area contributed by atoms with Crippen LogP contribution in [0.15, 0.2) is 47.3 Å². The lowest BCUT2D eigenvalue weighted by Crippen LogP contribution is -2.25. The van der Waals surface area contributed by atoms with E-state index in [4.69, 9.17) is 27.9 Å². The van der Waals surface area contributed by atoms with Gasteiger partial charge in [-0.1, -0.05) is 23.7 Å². The smallest absolute Gasteiger partial charge is 0.339 e. The Balaban J connectivity index is 2.42. The maximum atomic E-state index is 13.0. The lowest BCUT2D eigenvalue weighted by Gasteiger charge is -2.15. The fourth-order valence-corrected chi connectivity index (χ4v) is 2.83. The highest BCUT2D eigenvalue weighted by Crippen LogP contribution is 2.22. The van der Waals surface area contributed by atoms with E-state index < -0.39 is 5.97 Å². The molecule has 0 aliphatic rings. The molecule has 0 N–H and O–H groups in total. The van der Waals surface area contributed by atoms with E-state index in [-0.39, 0.29) is 22.7 Å². The molecular weight excluding hydrogens is 351 g/mol. The van der Waals surface area contributed by atoms with E-state index in [0.29, 0.717) is 21.7 Å². The predicted octanol–water partition coefficient (Wildman–Crippen LogP) is 3.56. The number of para-hydroxylation sites is 1. The molecule has 0 saturated heterocycles. The summed E-state index contributed by atoms with van der Waals surface area (Å²) in [5, 5.41) is 0.792. The van der Waals surface area contributed by atoms with Gasteiger partial charge in [-0.15, -0.1) is 11.6 Å². The van der Waals surface area contributed by atoms with Gasteiger partial charge in [0.15, 0.2) is 0 Å². The second kappa shape index (κ2) is 6.63. The summed E-state index contributed by atoms with van der Waals surface area (Å²) in [4.78, 5) is 29.4. The number of ether oxygens (including phenoxy) is 1. The molecule has 24 heavy (non-hydrogen) atoms. The third-order valence-corrected chi connectivity index (χ3v) is 4.04. The van der Waals surface area contributed by atoms with E-state index in [1.54, 1.807) is 30.3 Å². The lowest BCUT2D eigenvalue weighted by molar-refractivity contribution is 0.0600. The van der Waals surface area contributed by atoms with Gasteiger partial charge >= 0.3 is 5.97 Å². The summed E-state index contributed by atoms with van der Waals surface area (Å²) in [7, 11) is 1.27. The van der Waals surface area contributed by atoms with Gasteiger partial charge in [0.1, 0.15) is 5.82 Å². The highest BCUT2D eigenvalue weighted by Gasteiger charge is 2.19. The van der Waals surface area contributed by atoms with E-state index in [1.807, 2.05) is 0 Å². The summed E-state index contributed by atoms with van der Waals surface area (Å²) >= 11 is 12.0. The fraction of sp³-hybridized carbons (Fsp3) is 0.118. The minimum absolute atomic E-state index is 0.00675. The third kappa shape index (κ3) is 2.77. The SMILES string of the molecule is COC(=O)c1ccc(Cl)cc1-n1c(CCl)nc2ccccc2c1=O. The van der Waals surface area contributed by atoms with Gasteiger partial charge < -0.3 is 4.74 Å². The number of carbonyl (C=O) groups is 1. The largest absolute Gasteiger partial charge is 0.465 e. The number of hydrogen-bond acceptors (Lipinski definition) is 4. The van der Waals surface area contributed by atoms with Crippen molar-refractivity contribution in [2.45, 2.75) is 5.88 Å². The second-order valence-corrected chi connectivity index (χ2v) is 5.68. The molecule has 122 valence electrons. The maximum absolute atomic E-state index is 13.0. The Hall–Kier alpha value is -2.37. The van der Waals surface area contributed by atoms with Crippen molar-refractivity contribution in [2.24, 2.45) is 0 Å². The molecule has 0 unspecified atom stereocenters. The van der Waals surface area contributed by atoms with Gasteiger partial charge in [-0.3, -0.25) is 9.36 Å². The van der Waals surface area contributed by atoms with E-state index in [0.717, 1.165) is 0 Å². The van der Waals surface area contributed by atoms with Crippen LogP contribution in [0.25, 0.3) is 16.6 Å². The Kier molecular flexibility index (Phi) is 4.55. The highest BCUT2D eigenvalue weighted by atomic mass is 35.5. The second-order valence-electron chi connectivity index (χ2n) is 4.97. The molecule has 0 amide bonds. The molecule has 5 nitrogen and oxygen atoms in total. The van der Waals surface area contributed by atoms with E-state index >= 15 is 0 Å². The number of hydrogen-bond donors (Lipinski definition) is 0. The van der Waals surface area contributed by atoms with Gasteiger partial charge in [0.2, 0.25) is 0 Å². The Labute approximate surface area is 147 Å². The Morgan fingerprint density at radius 1 is 1.25 bits per heavy atom. The minimum Gasteiger partial charge on any atom is -0.465 e. The summed E-state index contributed by atoms with van der Waals surface area (Å²) in [6, 6.07) is 11.5. The van der Waals surface area contributed by atoms with Crippen LogP contribution < -0.4 is 5.56 Å². The fourth-order valence-electron chi connectivity index (χ4n) is 2.49. The molecule has 0 saturated carbocycles. The first kappa shape index (κ1) is 16.5. The maximum Gasteiger partial charge on any atom is 0.339 e. The molecule has 0 fully saturated rings. The highest BCUT2D eigenvalue weighted by molar-refractivity contribution is 6.31. The van der Waals surface area contributed by atoms with Crippen LogP contribution in [-0.2, 0) is 10.6 Å². The van der Waals surface area contributed by atoms with Crippen LogP contribution in [0.5, 0.6) is 0 Å². The molecule has 1 heterocycles. The zero-order chi connectivity index (χ0) is 17.3. The van der Waals surface area contributed by atoms with Gasteiger partial charge in [0, 0.05) is 5.02 Å². The number of fused-ring (bicyclic) bond motifs is 1. The number of nitrogens with zero attached hydrogens (tertiary/aromatic N) is 2. The molecule has 1 aromatic heterocycles. The van der Waals surface area contributed by atoms with Crippen LogP contribution in [0.2, 0.25) is 5.02 Å². The van der Waals surface area contributed by atoms with Crippen LogP contribution in [0.4, 0.5) is 0 Å². The van der Waals surface area contributed by atoms with Crippen LogP contribution >= 0.6 is 23.2 Å². The van der Waals surface area contributed by atoms with E-state index in [9.17, 15) is 9.59 Å². The Morgan fingerprint density at radius 3 is 2.71 bits per heavy atom. The van der Waals surface area contributed by atoms with Gasteiger partial charge in [-0.2, -0.15) is 0 Å². The van der Waals surface area contributed by atoms with E-state index in [2.05, 4.69) is 4.98 Å². The number of benzene rings is 2. The lowest BCUT2D eigenvalue weighted by atomic mass is 10.1. The number of alkyl halides is 1. The molecule has 0 spiro atoms. The number of aromatic nitrogens is 2. The molecule has 0 aliphatic heterocycles. The van der Waals surface area contributed by atoms with Gasteiger partial charge in [-0.05, 0) is 30.3 Å². The van der Waals surface area contributed by atoms with Crippen LogP contribution in [0.3, 0.4) is 0 Å². The predicted molar refractivity (Wildman–Crippen MR) is 93.2 cm³/mol. The number of halogens is 2. The molecule has 0 aliphatic carbocycles. The van der Waals surface area contributed by atoms with Crippen molar-refractivity contribution in [3.8, 4) is 5.69 Å². The molecule has 7 heteroatoms. The average Bonchev–Trinajstić information content (AvgIpc) is 2.60. The van der Waals surface area contributed by atoms with Crippen LogP contribution in [0, 0.1) is 0 Å². The summed E-state index contributed by atoms with van der Waals surface area (Å²) in [6.07, 6.45) is 0. The molecule has 3 rings (SSSR count). The van der Waals surface area contributed by atoms with Crippen molar-refractivity contribution in [3.05, 3.63) is 69.2 Å². The van der Waals surface area contributed by atoms with Crippen molar-refractivity contribution < 1.29 is 9.53 Å². The van der Waals surface area contributed by atoms with Crippen LogP contribution in [0.1, 0.15) is 16.2 Å². The molecule has 3 aromatic rings. The number of methoxy groups -OCH3 is 1. The topological polar surface area (TPSA) is 61.2 Å². The summed E-state index contributed by atoms with van der Waals surface area (Å²) < 4.78 is 6.09. The molecule has 0 radical (unpaired) electrons. The summed E-state index contributed by atoms with van der Waals surface area (Å²) in [6.45, 7) is 0.